The maximum absolute atomic E-state index is 11.0. The molecule has 5 rings (SSSR count). The van der Waals surface area contributed by atoms with E-state index in [0.717, 1.165) is 28.1 Å². The molecule has 132 valence electrons. The van der Waals surface area contributed by atoms with Crippen LogP contribution in [0.4, 0.5) is 0 Å². The molecule has 0 saturated heterocycles. The van der Waals surface area contributed by atoms with Gasteiger partial charge < -0.3 is 4.57 Å². The number of benzene rings is 2. The molecule has 5 aromatic rings. The van der Waals surface area contributed by atoms with Crippen LogP contribution in [0.5, 0.6) is 0 Å². The molecule has 0 bridgehead atoms. The normalized spacial score (nSPS) is 11.4. The first-order chi connectivity index (χ1) is 13.3. The molecule has 0 aliphatic carbocycles. The summed E-state index contributed by atoms with van der Waals surface area (Å²) < 4.78 is 2.37. The molecule has 27 heavy (non-hydrogen) atoms. The summed E-state index contributed by atoms with van der Waals surface area (Å²) in [7, 11) is 0. The summed E-state index contributed by atoms with van der Waals surface area (Å²) in [6.45, 7) is 3.13. The monoisotopic (exact) mass is 387 g/mol. The van der Waals surface area contributed by atoms with Crippen LogP contribution in [0.2, 0.25) is 0 Å². The second-order valence-corrected chi connectivity index (χ2v) is 8.57. The highest BCUT2D eigenvalue weighted by molar-refractivity contribution is 7.17. The van der Waals surface area contributed by atoms with Crippen molar-refractivity contribution in [3.8, 4) is 20.9 Å². The van der Waals surface area contributed by atoms with E-state index in [2.05, 4.69) is 65.4 Å². The van der Waals surface area contributed by atoms with Crippen molar-refractivity contribution in [3.63, 3.8) is 0 Å². The fourth-order valence-electron chi connectivity index (χ4n) is 3.77. The minimum absolute atomic E-state index is 0.765. The topological polar surface area (TPSA) is 22.0 Å². The van der Waals surface area contributed by atoms with Gasteiger partial charge in [0, 0.05) is 38.1 Å². The van der Waals surface area contributed by atoms with Gasteiger partial charge in [-0.3, -0.25) is 4.79 Å². The minimum Gasteiger partial charge on any atom is -0.341 e. The van der Waals surface area contributed by atoms with Crippen molar-refractivity contribution in [3.05, 3.63) is 70.9 Å². The Morgan fingerprint density at radius 1 is 0.889 bits per heavy atom. The van der Waals surface area contributed by atoms with Crippen molar-refractivity contribution in [1.29, 1.82) is 0 Å². The minimum atomic E-state index is 0.765. The Kier molecular flexibility index (Phi) is 3.96. The van der Waals surface area contributed by atoms with Gasteiger partial charge in [0.1, 0.15) is 0 Å². The van der Waals surface area contributed by atoms with E-state index in [4.69, 9.17) is 0 Å². The molecule has 0 fully saturated rings. The zero-order valence-electron chi connectivity index (χ0n) is 14.8. The molecule has 2 nitrogen and oxygen atoms in total. The number of fused-ring (bicyclic) bond motifs is 3. The van der Waals surface area contributed by atoms with E-state index in [-0.39, 0.29) is 0 Å². The predicted octanol–water partition coefficient (Wildman–Crippen LogP) is 7.08. The molecule has 0 aliphatic rings. The lowest BCUT2D eigenvalue weighted by molar-refractivity contribution is 0.112. The van der Waals surface area contributed by atoms with E-state index in [1.165, 1.54) is 32.2 Å². The van der Waals surface area contributed by atoms with Crippen LogP contribution in [0.15, 0.2) is 66.0 Å². The molecule has 3 heterocycles. The molecule has 0 radical (unpaired) electrons. The molecule has 0 atom stereocenters. The van der Waals surface area contributed by atoms with Crippen molar-refractivity contribution >= 4 is 50.8 Å². The largest absolute Gasteiger partial charge is 0.341 e. The number of hydrogen-bond donors (Lipinski definition) is 0. The van der Waals surface area contributed by atoms with E-state index >= 15 is 0 Å². The number of nitrogens with zero attached hydrogens (tertiary/aromatic N) is 1. The SMILES string of the molecule is CCn1c2ccc(-c3cccs3)cc2c2cc(-c3ccc(C=O)s3)ccc21. The summed E-state index contributed by atoms with van der Waals surface area (Å²) in [5.74, 6) is 0. The summed E-state index contributed by atoms with van der Waals surface area (Å²) in [6.07, 6.45) is 0.920. The lowest BCUT2D eigenvalue weighted by Crippen LogP contribution is -1.92. The third-order valence-electron chi connectivity index (χ3n) is 5.01. The molecule has 0 unspecified atom stereocenters. The Labute approximate surface area is 165 Å². The molecule has 3 aromatic heterocycles. The van der Waals surface area contributed by atoms with Gasteiger partial charge in [-0.2, -0.15) is 0 Å². The third kappa shape index (κ3) is 2.64. The predicted molar refractivity (Wildman–Crippen MR) is 117 cm³/mol. The standard InChI is InChI=1S/C23H17NOS2/c1-2-24-20-8-5-15(22-4-3-11-26-22)12-18(20)19-13-16(6-9-21(19)24)23-10-7-17(14-25)27-23/h3-14H,2H2,1H3. The lowest BCUT2D eigenvalue weighted by Gasteiger charge is -2.04. The van der Waals surface area contributed by atoms with E-state index in [0.29, 0.717) is 0 Å². The van der Waals surface area contributed by atoms with Gasteiger partial charge in [0.2, 0.25) is 0 Å². The Balaban J connectivity index is 1.77. The Morgan fingerprint density at radius 3 is 2.15 bits per heavy atom. The molecule has 0 amide bonds. The van der Waals surface area contributed by atoms with E-state index < -0.39 is 0 Å². The summed E-state index contributed by atoms with van der Waals surface area (Å²) in [5, 5.41) is 4.67. The van der Waals surface area contributed by atoms with Gasteiger partial charge in [-0.15, -0.1) is 22.7 Å². The van der Waals surface area contributed by atoms with Crippen LogP contribution >= 0.6 is 22.7 Å². The summed E-state index contributed by atoms with van der Waals surface area (Å²) in [4.78, 5) is 14.2. The van der Waals surface area contributed by atoms with Crippen molar-refractivity contribution in [2.75, 3.05) is 0 Å². The summed E-state index contributed by atoms with van der Waals surface area (Å²) >= 11 is 3.31. The van der Waals surface area contributed by atoms with Crippen LogP contribution < -0.4 is 0 Å². The smallest absolute Gasteiger partial charge is 0.160 e. The fraction of sp³-hybridized carbons (Fsp3) is 0.0870. The van der Waals surface area contributed by atoms with Crippen LogP contribution in [-0.4, -0.2) is 10.9 Å². The number of rotatable bonds is 4. The van der Waals surface area contributed by atoms with Crippen LogP contribution in [0.3, 0.4) is 0 Å². The average Bonchev–Trinajstić information content (AvgIpc) is 3.45. The van der Waals surface area contributed by atoms with Gasteiger partial charge >= 0.3 is 0 Å². The van der Waals surface area contributed by atoms with Crippen LogP contribution in [-0.2, 0) is 6.54 Å². The Bertz CT molecular complexity index is 1270. The van der Waals surface area contributed by atoms with Gasteiger partial charge in [-0.05, 0) is 65.9 Å². The second-order valence-electron chi connectivity index (χ2n) is 6.51. The van der Waals surface area contributed by atoms with Crippen LogP contribution in [0.25, 0.3) is 42.7 Å². The van der Waals surface area contributed by atoms with Crippen LogP contribution in [0.1, 0.15) is 16.6 Å². The molecule has 0 spiro atoms. The molecular formula is C23H17NOS2. The quantitative estimate of drug-likeness (QED) is 0.302. The van der Waals surface area contributed by atoms with Crippen molar-refractivity contribution in [2.24, 2.45) is 0 Å². The van der Waals surface area contributed by atoms with Crippen molar-refractivity contribution in [2.45, 2.75) is 13.5 Å². The average molecular weight is 388 g/mol. The molecule has 4 heteroatoms. The highest BCUT2D eigenvalue weighted by Gasteiger charge is 2.13. The first kappa shape index (κ1) is 16.5. The number of carbonyl (C=O) groups is 1. The third-order valence-corrected chi connectivity index (χ3v) is 6.99. The molecular weight excluding hydrogens is 370 g/mol. The zero-order valence-corrected chi connectivity index (χ0v) is 16.4. The highest BCUT2D eigenvalue weighted by atomic mass is 32.1. The zero-order chi connectivity index (χ0) is 18.4. The molecule has 0 aliphatic heterocycles. The number of carbonyl (C=O) groups excluding carboxylic acids is 1. The lowest BCUT2D eigenvalue weighted by atomic mass is 10.1. The van der Waals surface area contributed by atoms with Gasteiger partial charge in [0.25, 0.3) is 0 Å². The number of thiophene rings is 2. The fourth-order valence-corrected chi connectivity index (χ4v) is 5.31. The van der Waals surface area contributed by atoms with Gasteiger partial charge in [-0.1, -0.05) is 18.2 Å². The van der Waals surface area contributed by atoms with Gasteiger partial charge in [0.15, 0.2) is 6.29 Å². The number of hydrogen-bond acceptors (Lipinski definition) is 3. The van der Waals surface area contributed by atoms with Crippen LogP contribution in [0, 0.1) is 0 Å². The van der Waals surface area contributed by atoms with Crippen molar-refractivity contribution < 1.29 is 4.79 Å². The maximum atomic E-state index is 11.0. The second kappa shape index (κ2) is 6.48. The van der Waals surface area contributed by atoms with Gasteiger partial charge in [-0.25, -0.2) is 0 Å². The molecule has 2 aromatic carbocycles. The summed E-state index contributed by atoms with van der Waals surface area (Å²) in [6, 6.07) is 21.6. The highest BCUT2D eigenvalue weighted by Crippen LogP contribution is 2.37. The first-order valence-electron chi connectivity index (χ1n) is 8.94. The number of aldehydes is 1. The maximum Gasteiger partial charge on any atom is 0.160 e. The first-order valence-corrected chi connectivity index (χ1v) is 10.6. The Morgan fingerprint density at radius 2 is 1.59 bits per heavy atom. The van der Waals surface area contributed by atoms with E-state index in [9.17, 15) is 4.79 Å². The van der Waals surface area contributed by atoms with E-state index in [1.54, 1.807) is 22.7 Å². The number of aromatic nitrogens is 1. The molecule has 0 saturated carbocycles. The van der Waals surface area contributed by atoms with Crippen molar-refractivity contribution in [1.82, 2.24) is 4.57 Å². The number of aryl methyl sites for hydroxylation is 1. The molecule has 0 N–H and O–H groups in total. The Hall–Kier alpha value is -2.69. The van der Waals surface area contributed by atoms with E-state index in [1.807, 2.05) is 12.1 Å². The summed E-state index contributed by atoms with van der Waals surface area (Å²) in [5.41, 5.74) is 4.95. The van der Waals surface area contributed by atoms with Gasteiger partial charge in [0.05, 0.1) is 4.88 Å².